The van der Waals surface area contributed by atoms with E-state index in [2.05, 4.69) is 26.9 Å². The lowest BCUT2D eigenvalue weighted by Gasteiger charge is -2.27. The lowest BCUT2D eigenvalue weighted by Crippen LogP contribution is -2.37. The number of hydrazine groups is 1. The molecule has 74 valence electrons. The summed E-state index contributed by atoms with van der Waals surface area (Å²) >= 11 is 3.50. The second kappa shape index (κ2) is 4.04. The Labute approximate surface area is 84.8 Å². The summed E-state index contributed by atoms with van der Waals surface area (Å²) in [6, 6.07) is 0. The first-order chi connectivity index (χ1) is 6.29. The van der Waals surface area contributed by atoms with Gasteiger partial charge < -0.3 is 0 Å². The number of nitrogens with one attached hydrogen (secondary N) is 2. The highest BCUT2D eigenvalue weighted by Crippen LogP contribution is 2.34. The third-order valence-corrected chi connectivity index (χ3v) is 3.38. The predicted octanol–water partition coefficient (Wildman–Crippen LogP) is 1.57. The van der Waals surface area contributed by atoms with Crippen molar-refractivity contribution >= 4 is 15.9 Å². The Balaban J connectivity index is 2.22. The van der Waals surface area contributed by atoms with Crippen LogP contribution in [0.3, 0.4) is 0 Å². The molecule has 2 N–H and O–H groups in total. The molecule has 0 aromatic rings. The second-order valence-electron chi connectivity index (χ2n) is 3.30. The van der Waals surface area contributed by atoms with Gasteiger partial charge in [0, 0.05) is 17.8 Å². The lowest BCUT2D eigenvalue weighted by molar-refractivity contribution is -0.0253. The molecule has 3 nitrogen and oxygen atoms in total. The van der Waals surface area contributed by atoms with Crippen molar-refractivity contribution in [2.24, 2.45) is 0 Å². The molecule has 0 saturated carbocycles. The van der Waals surface area contributed by atoms with Crippen LogP contribution in [0.1, 0.15) is 19.3 Å². The topological polar surface area (TPSA) is 33.3 Å². The normalized spacial score (nSPS) is 35.5. The van der Waals surface area contributed by atoms with Gasteiger partial charge in [0.2, 0.25) is 0 Å². The minimum absolute atomic E-state index is 0.00574. The predicted molar refractivity (Wildman–Crippen MR) is 50.7 cm³/mol. The smallest absolute Gasteiger partial charge is 0.117 e. The van der Waals surface area contributed by atoms with Gasteiger partial charge in [0.15, 0.2) is 0 Å². The SMILES string of the molecule is FC1=C2CCNNOC2C(Br)CC1. The van der Waals surface area contributed by atoms with Gasteiger partial charge in [0.05, 0.1) is 0 Å². The van der Waals surface area contributed by atoms with E-state index >= 15 is 0 Å². The van der Waals surface area contributed by atoms with Crippen molar-refractivity contribution in [2.45, 2.75) is 30.2 Å². The number of fused-ring (bicyclic) bond motifs is 1. The molecule has 1 saturated heterocycles. The van der Waals surface area contributed by atoms with Crippen molar-refractivity contribution in [3.8, 4) is 0 Å². The van der Waals surface area contributed by atoms with Crippen LogP contribution in [0.25, 0.3) is 0 Å². The van der Waals surface area contributed by atoms with Crippen LogP contribution in [-0.2, 0) is 4.84 Å². The molecule has 0 aromatic carbocycles. The Hall–Kier alpha value is 0.0300. The number of halogens is 2. The zero-order valence-electron chi connectivity index (χ0n) is 7.15. The summed E-state index contributed by atoms with van der Waals surface area (Å²) in [7, 11) is 0. The quantitative estimate of drug-likeness (QED) is 0.641. The van der Waals surface area contributed by atoms with Crippen molar-refractivity contribution < 1.29 is 9.23 Å². The van der Waals surface area contributed by atoms with Crippen LogP contribution in [0.5, 0.6) is 0 Å². The summed E-state index contributed by atoms with van der Waals surface area (Å²) in [4.78, 5) is 5.50. The molecule has 0 radical (unpaired) electrons. The standard InChI is InChI=1S/C8H12BrFN2O/c9-6-1-2-7(10)5-3-4-11-12-13-8(5)6/h6,8,11-12H,1-4H2. The van der Waals surface area contributed by atoms with Crippen molar-refractivity contribution in [1.82, 2.24) is 11.0 Å². The minimum atomic E-state index is -0.163. The zero-order chi connectivity index (χ0) is 9.26. The second-order valence-corrected chi connectivity index (χ2v) is 4.48. The fraction of sp³-hybridized carbons (Fsp3) is 0.750. The lowest BCUT2D eigenvalue weighted by atomic mass is 9.93. The first-order valence-electron chi connectivity index (χ1n) is 4.44. The molecule has 5 heteroatoms. The van der Waals surface area contributed by atoms with Gasteiger partial charge in [0.1, 0.15) is 11.9 Å². The van der Waals surface area contributed by atoms with Crippen molar-refractivity contribution in [1.29, 1.82) is 0 Å². The molecule has 13 heavy (non-hydrogen) atoms. The van der Waals surface area contributed by atoms with Crippen molar-refractivity contribution in [2.75, 3.05) is 6.54 Å². The Bertz CT molecular complexity index is 234. The molecule has 0 amide bonds. The van der Waals surface area contributed by atoms with E-state index in [0.717, 1.165) is 12.0 Å². The Morgan fingerprint density at radius 1 is 1.46 bits per heavy atom. The van der Waals surface area contributed by atoms with Crippen LogP contribution in [0.15, 0.2) is 11.4 Å². The molecule has 1 heterocycles. The third-order valence-electron chi connectivity index (χ3n) is 2.44. The highest BCUT2D eigenvalue weighted by molar-refractivity contribution is 9.09. The zero-order valence-corrected chi connectivity index (χ0v) is 8.73. The summed E-state index contributed by atoms with van der Waals surface area (Å²) < 4.78 is 13.4. The summed E-state index contributed by atoms with van der Waals surface area (Å²) in [5.41, 5.74) is 6.26. The fourth-order valence-corrected chi connectivity index (χ4v) is 2.38. The van der Waals surface area contributed by atoms with Gasteiger partial charge in [-0.05, 0) is 18.4 Å². The van der Waals surface area contributed by atoms with Crippen molar-refractivity contribution in [3.63, 3.8) is 0 Å². The molecule has 2 unspecified atom stereocenters. The monoisotopic (exact) mass is 250 g/mol. The number of hydrogen-bond donors (Lipinski definition) is 2. The van der Waals surface area contributed by atoms with E-state index in [1.165, 1.54) is 0 Å². The summed E-state index contributed by atoms with van der Waals surface area (Å²) in [6.45, 7) is 0.707. The van der Waals surface area contributed by atoms with Crippen LogP contribution in [-0.4, -0.2) is 17.5 Å². The van der Waals surface area contributed by atoms with Gasteiger partial charge in [0.25, 0.3) is 0 Å². The van der Waals surface area contributed by atoms with Crippen LogP contribution >= 0.6 is 15.9 Å². The Morgan fingerprint density at radius 3 is 3.15 bits per heavy atom. The minimum Gasteiger partial charge on any atom is -0.278 e. The molecular formula is C8H12BrFN2O. The van der Waals surface area contributed by atoms with E-state index in [4.69, 9.17) is 4.84 Å². The van der Waals surface area contributed by atoms with Gasteiger partial charge in [-0.25, -0.2) is 9.82 Å². The first-order valence-corrected chi connectivity index (χ1v) is 5.35. The molecule has 1 fully saturated rings. The highest BCUT2D eigenvalue weighted by atomic mass is 79.9. The van der Waals surface area contributed by atoms with Gasteiger partial charge in [-0.2, -0.15) is 0 Å². The molecule has 2 aliphatic rings. The maximum Gasteiger partial charge on any atom is 0.117 e. The van der Waals surface area contributed by atoms with Gasteiger partial charge in [-0.15, -0.1) is 5.59 Å². The highest BCUT2D eigenvalue weighted by Gasteiger charge is 2.32. The average molecular weight is 251 g/mol. The largest absolute Gasteiger partial charge is 0.278 e. The summed E-state index contributed by atoms with van der Waals surface area (Å²) in [5, 5.41) is 0. The number of rotatable bonds is 0. The maximum absolute atomic E-state index is 13.4. The summed E-state index contributed by atoms with van der Waals surface area (Å²) in [6.07, 6.45) is 1.88. The van der Waals surface area contributed by atoms with E-state index < -0.39 is 0 Å². The number of hydrogen-bond acceptors (Lipinski definition) is 3. The number of alkyl halides is 1. The van der Waals surface area contributed by atoms with E-state index in [0.29, 0.717) is 19.4 Å². The summed E-state index contributed by atoms with van der Waals surface area (Å²) in [5.74, 6) is 0.00574. The molecule has 0 bridgehead atoms. The van der Waals surface area contributed by atoms with Crippen LogP contribution in [0.2, 0.25) is 0 Å². The molecule has 1 aliphatic heterocycles. The molecule has 0 spiro atoms. The molecule has 1 aliphatic carbocycles. The fourth-order valence-electron chi connectivity index (χ4n) is 1.73. The molecular weight excluding hydrogens is 239 g/mol. The van der Waals surface area contributed by atoms with Gasteiger partial charge >= 0.3 is 0 Å². The molecule has 2 rings (SSSR count). The third kappa shape index (κ3) is 1.93. The van der Waals surface area contributed by atoms with Crippen molar-refractivity contribution in [3.05, 3.63) is 11.4 Å². The van der Waals surface area contributed by atoms with Crippen LogP contribution in [0.4, 0.5) is 4.39 Å². The molecule has 0 aromatic heterocycles. The van der Waals surface area contributed by atoms with E-state index in [1.54, 1.807) is 0 Å². The van der Waals surface area contributed by atoms with Crippen LogP contribution in [0, 0.1) is 0 Å². The van der Waals surface area contributed by atoms with Crippen LogP contribution < -0.4 is 11.0 Å². The number of allylic oxidation sites excluding steroid dienone is 1. The molecule has 2 atom stereocenters. The first kappa shape index (κ1) is 9.58. The van der Waals surface area contributed by atoms with E-state index in [-0.39, 0.29) is 16.8 Å². The average Bonchev–Trinajstić information content (AvgIpc) is 2.37. The Morgan fingerprint density at radius 2 is 2.31 bits per heavy atom. The Kier molecular flexibility index (Phi) is 2.98. The maximum atomic E-state index is 13.4. The van der Waals surface area contributed by atoms with Gasteiger partial charge in [-0.3, -0.25) is 4.84 Å². The van der Waals surface area contributed by atoms with E-state index in [9.17, 15) is 4.39 Å². The van der Waals surface area contributed by atoms with E-state index in [1.807, 2.05) is 0 Å². The van der Waals surface area contributed by atoms with Gasteiger partial charge in [-0.1, -0.05) is 15.9 Å².